The highest BCUT2D eigenvalue weighted by molar-refractivity contribution is 7.92. The van der Waals surface area contributed by atoms with Gasteiger partial charge in [-0.1, -0.05) is 23.2 Å². The zero-order valence-electron chi connectivity index (χ0n) is 11.7. The Morgan fingerprint density at radius 2 is 1.74 bits per heavy atom. The van der Waals surface area contributed by atoms with Gasteiger partial charge in [0.05, 0.1) is 17.7 Å². The van der Waals surface area contributed by atoms with Gasteiger partial charge in [-0.05, 0) is 36.4 Å². The van der Waals surface area contributed by atoms with E-state index in [0.717, 1.165) is 0 Å². The largest absolute Gasteiger partial charge is 0.494 e. The summed E-state index contributed by atoms with van der Waals surface area (Å²) in [5, 5.41) is 8.97. The molecule has 2 rings (SSSR count). The Labute approximate surface area is 142 Å². The molecule has 0 saturated heterocycles. The molecule has 0 radical (unpaired) electrons. The first-order valence-electron chi connectivity index (χ1n) is 6.14. The minimum atomic E-state index is -3.99. The second kappa shape index (κ2) is 6.66. The van der Waals surface area contributed by atoms with Crippen molar-refractivity contribution in [1.29, 1.82) is 0 Å². The lowest BCUT2D eigenvalue weighted by Gasteiger charge is -2.13. The maximum Gasteiger partial charge on any atom is 0.335 e. The van der Waals surface area contributed by atoms with Gasteiger partial charge in [-0.25, -0.2) is 13.2 Å². The number of aromatic carboxylic acids is 1. The lowest BCUT2D eigenvalue weighted by atomic mass is 10.2. The first kappa shape index (κ1) is 17.4. The maximum atomic E-state index is 12.5. The first-order valence-corrected chi connectivity index (χ1v) is 8.38. The Kier molecular flexibility index (Phi) is 5.03. The van der Waals surface area contributed by atoms with Crippen molar-refractivity contribution in [3.8, 4) is 5.75 Å². The van der Waals surface area contributed by atoms with Crippen molar-refractivity contribution in [3.05, 3.63) is 52.0 Å². The summed E-state index contributed by atoms with van der Waals surface area (Å²) >= 11 is 11.8. The number of carboxylic acids is 1. The second-order valence-corrected chi connectivity index (χ2v) is 6.82. The highest BCUT2D eigenvalue weighted by atomic mass is 35.5. The van der Waals surface area contributed by atoms with Gasteiger partial charge in [0.25, 0.3) is 10.0 Å². The van der Waals surface area contributed by atoms with Crippen LogP contribution in [0.15, 0.2) is 41.3 Å². The zero-order chi connectivity index (χ0) is 17.2. The normalized spacial score (nSPS) is 11.1. The monoisotopic (exact) mass is 375 g/mol. The van der Waals surface area contributed by atoms with E-state index in [0.29, 0.717) is 0 Å². The minimum absolute atomic E-state index is 0.0155. The SMILES string of the molecule is COc1c(S(=O)(=O)Nc2ccc(C(=O)O)cc2)ccc(Cl)c1Cl. The van der Waals surface area contributed by atoms with E-state index in [2.05, 4.69) is 4.72 Å². The van der Waals surface area contributed by atoms with E-state index >= 15 is 0 Å². The number of halogens is 2. The van der Waals surface area contributed by atoms with Crippen molar-refractivity contribution in [2.24, 2.45) is 0 Å². The van der Waals surface area contributed by atoms with Crippen LogP contribution >= 0.6 is 23.2 Å². The molecule has 0 spiro atoms. The average Bonchev–Trinajstić information content (AvgIpc) is 2.49. The van der Waals surface area contributed by atoms with Crippen molar-refractivity contribution in [3.63, 3.8) is 0 Å². The molecule has 2 aromatic rings. The van der Waals surface area contributed by atoms with Crippen LogP contribution in [0, 0.1) is 0 Å². The van der Waals surface area contributed by atoms with Crippen molar-refractivity contribution < 1.29 is 23.1 Å². The highest BCUT2D eigenvalue weighted by Gasteiger charge is 2.23. The number of nitrogens with one attached hydrogen (secondary N) is 1. The number of hydrogen-bond donors (Lipinski definition) is 2. The third kappa shape index (κ3) is 3.69. The molecule has 0 bridgehead atoms. The molecule has 0 heterocycles. The van der Waals surface area contributed by atoms with Gasteiger partial charge in [0.15, 0.2) is 5.75 Å². The van der Waals surface area contributed by atoms with Gasteiger partial charge < -0.3 is 9.84 Å². The predicted molar refractivity (Wildman–Crippen MR) is 87.2 cm³/mol. The van der Waals surface area contributed by atoms with Crippen LogP contribution in [-0.2, 0) is 10.0 Å². The molecule has 0 amide bonds. The van der Waals surface area contributed by atoms with Gasteiger partial charge in [0.1, 0.15) is 9.92 Å². The predicted octanol–water partition coefficient (Wildman–Crippen LogP) is 3.50. The van der Waals surface area contributed by atoms with E-state index < -0.39 is 16.0 Å². The summed E-state index contributed by atoms with van der Waals surface area (Å²) in [6, 6.07) is 7.85. The molecule has 0 aliphatic rings. The molecule has 0 fully saturated rings. The van der Waals surface area contributed by atoms with Crippen LogP contribution in [0.25, 0.3) is 0 Å². The van der Waals surface area contributed by atoms with Crippen LogP contribution < -0.4 is 9.46 Å². The molecule has 122 valence electrons. The molecule has 2 aromatic carbocycles. The van der Waals surface area contributed by atoms with E-state index in [-0.39, 0.29) is 31.9 Å². The van der Waals surface area contributed by atoms with E-state index in [9.17, 15) is 13.2 Å². The third-order valence-corrected chi connectivity index (χ3v) is 5.08. The molecule has 6 nitrogen and oxygen atoms in total. The van der Waals surface area contributed by atoms with Gasteiger partial charge in [-0.3, -0.25) is 4.72 Å². The summed E-state index contributed by atoms with van der Waals surface area (Å²) < 4.78 is 32.2. The van der Waals surface area contributed by atoms with Gasteiger partial charge in [-0.15, -0.1) is 0 Å². The highest BCUT2D eigenvalue weighted by Crippen LogP contribution is 2.37. The van der Waals surface area contributed by atoms with Crippen molar-refractivity contribution in [1.82, 2.24) is 0 Å². The number of methoxy groups -OCH3 is 1. The number of ether oxygens (including phenoxy) is 1. The molecule has 0 unspecified atom stereocenters. The van der Waals surface area contributed by atoms with E-state index in [4.69, 9.17) is 33.0 Å². The molecular weight excluding hydrogens is 365 g/mol. The topological polar surface area (TPSA) is 92.7 Å². The number of carboxylic acid groups (broad SMARTS) is 1. The number of anilines is 1. The molecule has 0 aromatic heterocycles. The van der Waals surface area contributed by atoms with Crippen LogP contribution in [0.3, 0.4) is 0 Å². The van der Waals surface area contributed by atoms with E-state index in [1.165, 1.54) is 43.5 Å². The second-order valence-electron chi connectivity index (χ2n) is 4.38. The number of hydrogen-bond acceptors (Lipinski definition) is 4. The molecule has 23 heavy (non-hydrogen) atoms. The summed E-state index contributed by atoms with van der Waals surface area (Å²) in [4.78, 5) is 10.6. The summed E-state index contributed by atoms with van der Waals surface area (Å²) in [6.45, 7) is 0. The minimum Gasteiger partial charge on any atom is -0.494 e. The molecule has 2 N–H and O–H groups in total. The Balaban J connectivity index is 2.39. The van der Waals surface area contributed by atoms with Crippen molar-refractivity contribution in [2.75, 3.05) is 11.8 Å². The van der Waals surface area contributed by atoms with Crippen LogP contribution in [0.2, 0.25) is 10.0 Å². The van der Waals surface area contributed by atoms with Crippen molar-refractivity contribution in [2.45, 2.75) is 4.90 Å². The molecule has 0 saturated carbocycles. The van der Waals surface area contributed by atoms with Gasteiger partial charge in [0.2, 0.25) is 0 Å². The number of rotatable bonds is 5. The molecule has 0 aliphatic carbocycles. The fourth-order valence-electron chi connectivity index (χ4n) is 1.81. The molecule has 0 aliphatic heterocycles. The van der Waals surface area contributed by atoms with E-state index in [1.807, 2.05) is 0 Å². The fourth-order valence-corrected chi connectivity index (χ4v) is 3.49. The average molecular weight is 376 g/mol. The van der Waals surface area contributed by atoms with Crippen LogP contribution in [0.5, 0.6) is 5.75 Å². The number of benzene rings is 2. The Morgan fingerprint density at radius 1 is 1.13 bits per heavy atom. The van der Waals surface area contributed by atoms with Gasteiger partial charge >= 0.3 is 5.97 Å². The number of carbonyl (C=O) groups is 1. The van der Waals surface area contributed by atoms with Crippen LogP contribution in [-0.4, -0.2) is 26.6 Å². The first-order chi connectivity index (χ1) is 10.8. The summed E-state index contributed by atoms with van der Waals surface area (Å²) in [5.41, 5.74) is 0.239. The van der Waals surface area contributed by atoms with Gasteiger partial charge in [0, 0.05) is 5.69 Å². The fraction of sp³-hybridized carbons (Fsp3) is 0.0714. The quantitative estimate of drug-likeness (QED) is 0.833. The Hall–Kier alpha value is -1.96. The smallest absolute Gasteiger partial charge is 0.335 e. The molecule has 0 atom stereocenters. The zero-order valence-corrected chi connectivity index (χ0v) is 14.0. The Morgan fingerprint density at radius 3 is 2.26 bits per heavy atom. The van der Waals surface area contributed by atoms with Gasteiger partial charge in [-0.2, -0.15) is 0 Å². The summed E-state index contributed by atoms with van der Waals surface area (Å²) in [6.07, 6.45) is 0. The molecule has 9 heteroatoms. The van der Waals surface area contributed by atoms with E-state index in [1.54, 1.807) is 0 Å². The van der Waals surface area contributed by atoms with Crippen LogP contribution in [0.1, 0.15) is 10.4 Å². The summed E-state index contributed by atoms with van der Waals surface area (Å²) in [5.74, 6) is -1.18. The lowest BCUT2D eigenvalue weighted by Crippen LogP contribution is -2.14. The third-order valence-electron chi connectivity index (χ3n) is 2.89. The van der Waals surface area contributed by atoms with Crippen molar-refractivity contribution >= 4 is 44.9 Å². The lowest BCUT2D eigenvalue weighted by molar-refractivity contribution is 0.0697. The summed E-state index contributed by atoms with van der Waals surface area (Å²) in [7, 11) is -2.72. The molecular formula is C14H11Cl2NO5S. The number of sulfonamides is 1. The Bertz CT molecular complexity index is 850. The maximum absolute atomic E-state index is 12.5. The van der Waals surface area contributed by atoms with Crippen LogP contribution in [0.4, 0.5) is 5.69 Å². The standard InChI is InChI=1S/C14H11Cl2NO5S/c1-22-13-11(7-6-10(15)12(13)16)23(20,21)17-9-4-2-8(3-5-9)14(18)19/h2-7,17H,1H3,(H,18,19).